The molecule has 4 rings (SSSR count). The first kappa shape index (κ1) is 22.9. The molecule has 34 heavy (non-hydrogen) atoms. The zero-order chi connectivity index (χ0) is 24.2. The Morgan fingerprint density at radius 3 is 2.32 bits per heavy atom. The van der Waals surface area contributed by atoms with E-state index in [0.717, 1.165) is 0 Å². The van der Waals surface area contributed by atoms with Crippen LogP contribution in [0.3, 0.4) is 0 Å². The fourth-order valence-corrected chi connectivity index (χ4v) is 4.08. The van der Waals surface area contributed by atoms with Crippen molar-refractivity contribution in [1.82, 2.24) is 0 Å². The first-order valence-corrected chi connectivity index (χ1v) is 10.8. The van der Waals surface area contributed by atoms with Crippen LogP contribution in [0.2, 0.25) is 0 Å². The molecule has 1 heterocycles. The molecule has 0 aromatic heterocycles. The highest BCUT2D eigenvalue weighted by atomic mass is 16.5. The van der Waals surface area contributed by atoms with Crippen LogP contribution in [0.15, 0.2) is 78.4 Å². The fourth-order valence-electron chi connectivity index (χ4n) is 4.08. The van der Waals surface area contributed by atoms with Crippen molar-refractivity contribution in [3.63, 3.8) is 0 Å². The molecule has 0 radical (unpaired) electrons. The van der Waals surface area contributed by atoms with Gasteiger partial charge in [0.1, 0.15) is 11.5 Å². The molecule has 1 N–H and O–H groups in total. The lowest BCUT2D eigenvalue weighted by Crippen LogP contribution is -2.29. The molecule has 1 atom stereocenters. The SMILES string of the molecule is CCOc1cccc(N2C(=O)C(=O)/C(=C(/O)c3ccc(OC)c(OC)c3)C2c2ccccc2)c1. The predicted octanol–water partition coefficient (Wildman–Crippen LogP) is 4.73. The van der Waals surface area contributed by atoms with Crippen LogP contribution in [0.4, 0.5) is 5.69 Å². The Bertz CT molecular complexity index is 1250. The molecule has 0 aliphatic carbocycles. The average molecular weight is 459 g/mol. The number of ether oxygens (including phenoxy) is 3. The maximum atomic E-state index is 13.3. The number of anilines is 1. The van der Waals surface area contributed by atoms with Crippen molar-refractivity contribution in [3.05, 3.63) is 89.5 Å². The second kappa shape index (κ2) is 9.70. The van der Waals surface area contributed by atoms with Crippen LogP contribution < -0.4 is 19.1 Å². The van der Waals surface area contributed by atoms with E-state index in [1.54, 1.807) is 42.5 Å². The summed E-state index contributed by atoms with van der Waals surface area (Å²) in [6, 6.07) is 20.1. The van der Waals surface area contributed by atoms with E-state index in [1.807, 2.05) is 37.3 Å². The molecular formula is C27H25NO6. The van der Waals surface area contributed by atoms with Gasteiger partial charge in [0.2, 0.25) is 0 Å². The number of aliphatic hydroxyl groups is 1. The summed E-state index contributed by atoms with van der Waals surface area (Å²) in [7, 11) is 2.99. The topological polar surface area (TPSA) is 85.3 Å². The molecule has 1 unspecified atom stereocenters. The van der Waals surface area contributed by atoms with E-state index in [2.05, 4.69) is 0 Å². The van der Waals surface area contributed by atoms with E-state index >= 15 is 0 Å². The number of hydrogen-bond acceptors (Lipinski definition) is 6. The van der Waals surface area contributed by atoms with Gasteiger partial charge in [-0.15, -0.1) is 0 Å². The summed E-state index contributed by atoms with van der Waals surface area (Å²) in [4.78, 5) is 27.9. The first-order chi connectivity index (χ1) is 16.5. The fraction of sp³-hybridized carbons (Fsp3) is 0.185. The van der Waals surface area contributed by atoms with E-state index < -0.39 is 17.7 Å². The molecule has 0 saturated carbocycles. The van der Waals surface area contributed by atoms with E-state index in [0.29, 0.717) is 40.7 Å². The van der Waals surface area contributed by atoms with Crippen molar-refractivity contribution in [2.45, 2.75) is 13.0 Å². The zero-order valence-corrected chi connectivity index (χ0v) is 19.1. The van der Waals surface area contributed by atoms with E-state index in [4.69, 9.17) is 14.2 Å². The number of aliphatic hydroxyl groups excluding tert-OH is 1. The molecule has 7 nitrogen and oxygen atoms in total. The third kappa shape index (κ3) is 4.08. The minimum Gasteiger partial charge on any atom is -0.507 e. The van der Waals surface area contributed by atoms with Gasteiger partial charge in [0.15, 0.2) is 11.5 Å². The molecule has 1 aliphatic rings. The number of carbonyl (C=O) groups excluding carboxylic acids is 2. The van der Waals surface area contributed by atoms with Gasteiger partial charge >= 0.3 is 0 Å². The normalized spacial score (nSPS) is 17.0. The monoisotopic (exact) mass is 459 g/mol. The number of benzene rings is 3. The molecule has 1 fully saturated rings. The Morgan fingerprint density at radius 1 is 0.912 bits per heavy atom. The van der Waals surface area contributed by atoms with Gasteiger partial charge in [0, 0.05) is 17.3 Å². The van der Waals surface area contributed by atoms with Crippen LogP contribution in [0.5, 0.6) is 17.2 Å². The summed E-state index contributed by atoms with van der Waals surface area (Å²) >= 11 is 0. The number of carbonyl (C=O) groups is 2. The van der Waals surface area contributed by atoms with Gasteiger partial charge in [-0.05, 0) is 42.8 Å². The minimum atomic E-state index is -0.828. The quantitative estimate of drug-likeness (QED) is 0.312. The van der Waals surface area contributed by atoms with Crippen molar-refractivity contribution >= 4 is 23.1 Å². The largest absolute Gasteiger partial charge is 0.507 e. The molecule has 0 bridgehead atoms. The molecule has 1 aliphatic heterocycles. The van der Waals surface area contributed by atoms with Crippen LogP contribution in [0.1, 0.15) is 24.1 Å². The lowest BCUT2D eigenvalue weighted by Gasteiger charge is -2.25. The van der Waals surface area contributed by atoms with Gasteiger partial charge in [-0.2, -0.15) is 0 Å². The van der Waals surface area contributed by atoms with Crippen molar-refractivity contribution in [2.75, 3.05) is 25.7 Å². The number of rotatable bonds is 7. The third-order valence-corrected chi connectivity index (χ3v) is 5.62. The molecule has 3 aromatic carbocycles. The number of Topliss-reactive ketones (excluding diaryl/α,β-unsaturated/α-hetero) is 1. The maximum Gasteiger partial charge on any atom is 0.300 e. The molecule has 0 spiro atoms. The molecule has 1 amide bonds. The van der Waals surface area contributed by atoms with Crippen LogP contribution >= 0.6 is 0 Å². The Hall–Kier alpha value is -4.26. The van der Waals surface area contributed by atoms with Crippen molar-refractivity contribution in [3.8, 4) is 17.2 Å². The Labute approximate surface area is 197 Å². The lowest BCUT2D eigenvalue weighted by molar-refractivity contribution is -0.132. The van der Waals surface area contributed by atoms with E-state index in [1.165, 1.54) is 19.1 Å². The number of hydrogen-bond donors (Lipinski definition) is 1. The summed E-state index contributed by atoms with van der Waals surface area (Å²) in [6.07, 6.45) is 0. The molecular weight excluding hydrogens is 434 g/mol. The smallest absolute Gasteiger partial charge is 0.300 e. The van der Waals surface area contributed by atoms with Crippen LogP contribution in [-0.2, 0) is 9.59 Å². The summed E-state index contributed by atoms with van der Waals surface area (Å²) < 4.78 is 16.2. The zero-order valence-electron chi connectivity index (χ0n) is 19.1. The Balaban J connectivity index is 1.91. The van der Waals surface area contributed by atoms with Gasteiger partial charge in [-0.25, -0.2) is 0 Å². The highest BCUT2D eigenvalue weighted by molar-refractivity contribution is 6.51. The maximum absolute atomic E-state index is 13.3. The van der Waals surface area contributed by atoms with Gasteiger partial charge < -0.3 is 19.3 Å². The number of amides is 1. The number of nitrogens with zero attached hydrogens (tertiary/aromatic N) is 1. The number of ketones is 1. The number of methoxy groups -OCH3 is 2. The first-order valence-electron chi connectivity index (χ1n) is 10.8. The summed E-state index contributed by atoms with van der Waals surface area (Å²) in [5.74, 6) is -0.356. The lowest BCUT2D eigenvalue weighted by atomic mass is 9.95. The van der Waals surface area contributed by atoms with Gasteiger partial charge in [-0.3, -0.25) is 14.5 Å². The highest BCUT2D eigenvalue weighted by Crippen LogP contribution is 2.43. The second-order valence-electron chi connectivity index (χ2n) is 7.58. The Morgan fingerprint density at radius 2 is 1.65 bits per heavy atom. The predicted molar refractivity (Wildman–Crippen MR) is 128 cm³/mol. The summed E-state index contributed by atoms with van der Waals surface area (Å²) in [5, 5.41) is 11.3. The highest BCUT2D eigenvalue weighted by Gasteiger charge is 2.47. The van der Waals surface area contributed by atoms with Crippen molar-refractivity contribution in [1.29, 1.82) is 0 Å². The van der Waals surface area contributed by atoms with Gasteiger partial charge in [0.05, 0.1) is 32.4 Å². The standard InChI is InChI=1S/C27H25NO6/c1-4-34-20-12-8-11-19(16-20)28-24(17-9-6-5-7-10-17)23(26(30)27(28)31)25(29)18-13-14-21(32-2)22(15-18)33-3/h5-16,24,29H,4H2,1-3H3/b25-23+. The molecule has 3 aromatic rings. The molecule has 174 valence electrons. The second-order valence-corrected chi connectivity index (χ2v) is 7.58. The third-order valence-electron chi connectivity index (χ3n) is 5.62. The average Bonchev–Trinajstić information content (AvgIpc) is 3.14. The van der Waals surface area contributed by atoms with Crippen molar-refractivity contribution in [2.24, 2.45) is 0 Å². The van der Waals surface area contributed by atoms with Crippen LogP contribution in [0, 0.1) is 0 Å². The summed E-state index contributed by atoms with van der Waals surface area (Å²) in [6.45, 7) is 2.33. The van der Waals surface area contributed by atoms with E-state index in [-0.39, 0.29) is 11.3 Å². The van der Waals surface area contributed by atoms with Crippen LogP contribution in [0.25, 0.3) is 5.76 Å². The van der Waals surface area contributed by atoms with E-state index in [9.17, 15) is 14.7 Å². The molecule has 1 saturated heterocycles. The van der Waals surface area contributed by atoms with Crippen LogP contribution in [-0.4, -0.2) is 37.6 Å². The molecule has 7 heteroatoms. The van der Waals surface area contributed by atoms with Gasteiger partial charge in [-0.1, -0.05) is 36.4 Å². The minimum absolute atomic E-state index is 0.00904. The Kier molecular flexibility index (Phi) is 6.54. The summed E-state index contributed by atoms with van der Waals surface area (Å²) in [5.41, 5.74) is 1.50. The van der Waals surface area contributed by atoms with Crippen molar-refractivity contribution < 1.29 is 28.9 Å². The van der Waals surface area contributed by atoms with Gasteiger partial charge in [0.25, 0.3) is 11.7 Å².